The minimum atomic E-state index is -3.75. The second-order valence-corrected chi connectivity index (χ2v) is 7.96. The first-order valence-corrected chi connectivity index (χ1v) is 8.50. The van der Waals surface area contributed by atoms with Crippen LogP contribution in [0.2, 0.25) is 5.02 Å². The quantitative estimate of drug-likeness (QED) is 0.818. The third-order valence-corrected chi connectivity index (χ3v) is 6.57. The summed E-state index contributed by atoms with van der Waals surface area (Å²) in [4.78, 5) is 0.0268. The normalized spacial score (nSPS) is 11.6. The van der Waals surface area contributed by atoms with Gasteiger partial charge in [-0.05, 0) is 35.0 Å². The van der Waals surface area contributed by atoms with Gasteiger partial charge in [0.1, 0.15) is 9.90 Å². The van der Waals surface area contributed by atoms with Gasteiger partial charge in [-0.25, -0.2) is 12.7 Å². The highest BCUT2D eigenvalue weighted by atomic mass is 79.9. The van der Waals surface area contributed by atoms with E-state index in [1.165, 1.54) is 24.5 Å². The molecule has 2 aromatic rings. The van der Waals surface area contributed by atoms with Crippen molar-refractivity contribution in [2.24, 2.45) is 0 Å². The van der Waals surface area contributed by atoms with Gasteiger partial charge in [-0.1, -0.05) is 29.0 Å². The van der Waals surface area contributed by atoms with Crippen LogP contribution < -0.4 is 4.31 Å². The Balaban J connectivity index is 2.51. The molecule has 5 nitrogen and oxygen atoms in total. The molecule has 0 aliphatic carbocycles. The van der Waals surface area contributed by atoms with Crippen molar-refractivity contribution in [3.8, 4) is 0 Å². The van der Waals surface area contributed by atoms with Crippen molar-refractivity contribution in [1.82, 2.24) is 10.2 Å². The van der Waals surface area contributed by atoms with Gasteiger partial charge >= 0.3 is 0 Å². The third-order valence-electron chi connectivity index (χ3n) is 2.34. The van der Waals surface area contributed by atoms with E-state index < -0.39 is 10.0 Å². The molecule has 0 saturated heterocycles. The van der Waals surface area contributed by atoms with Crippen molar-refractivity contribution in [3.05, 3.63) is 32.7 Å². The van der Waals surface area contributed by atoms with E-state index in [0.717, 1.165) is 4.31 Å². The Labute approximate surface area is 128 Å². The van der Waals surface area contributed by atoms with Gasteiger partial charge in [0.15, 0.2) is 0 Å². The average Bonchev–Trinajstić information content (AvgIpc) is 2.78. The molecule has 0 unspecified atom stereocenters. The maximum absolute atomic E-state index is 12.5. The number of nitrogens with zero attached hydrogens (tertiary/aromatic N) is 3. The van der Waals surface area contributed by atoms with Crippen molar-refractivity contribution in [1.29, 1.82) is 0 Å². The summed E-state index contributed by atoms with van der Waals surface area (Å²) < 4.78 is 26.5. The molecular weight excluding hydrogens is 374 g/mol. The molecule has 0 aliphatic heterocycles. The van der Waals surface area contributed by atoms with Gasteiger partial charge in [-0.2, -0.15) is 0 Å². The summed E-state index contributed by atoms with van der Waals surface area (Å²) in [5.74, 6) is 0. The second kappa shape index (κ2) is 5.35. The van der Waals surface area contributed by atoms with Crippen LogP contribution in [0.25, 0.3) is 0 Å². The van der Waals surface area contributed by atoms with Gasteiger partial charge in [-0.3, -0.25) is 0 Å². The topological polar surface area (TPSA) is 63.2 Å². The maximum Gasteiger partial charge on any atom is 0.267 e. The summed E-state index contributed by atoms with van der Waals surface area (Å²) >= 11 is 10.4. The first kappa shape index (κ1) is 14.7. The van der Waals surface area contributed by atoms with E-state index in [0.29, 0.717) is 14.6 Å². The molecular formula is C10H9BrClN3O2S2. The molecule has 0 saturated carbocycles. The lowest BCUT2D eigenvalue weighted by Crippen LogP contribution is -2.26. The van der Waals surface area contributed by atoms with E-state index in [4.69, 9.17) is 11.6 Å². The van der Waals surface area contributed by atoms with Crippen LogP contribution in [0.5, 0.6) is 0 Å². The highest BCUT2D eigenvalue weighted by Gasteiger charge is 2.27. The van der Waals surface area contributed by atoms with Gasteiger partial charge < -0.3 is 0 Å². The first-order valence-electron chi connectivity index (χ1n) is 5.07. The third kappa shape index (κ3) is 2.76. The van der Waals surface area contributed by atoms with E-state index in [-0.39, 0.29) is 9.92 Å². The van der Waals surface area contributed by atoms with E-state index in [1.54, 1.807) is 19.1 Å². The summed E-state index contributed by atoms with van der Waals surface area (Å²) in [6.07, 6.45) is 0. The van der Waals surface area contributed by atoms with Crippen LogP contribution >= 0.6 is 38.9 Å². The summed E-state index contributed by atoms with van der Waals surface area (Å²) in [5, 5.41) is 8.77. The van der Waals surface area contributed by atoms with Gasteiger partial charge in [-0.15, -0.1) is 10.2 Å². The standard InChI is InChI=1S/C10H9BrClN3O2S2/c1-6-13-14-10(18-6)15(2)19(16,17)8-5-3-4-7(11)9(8)12/h3-5H,1-2H3. The monoisotopic (exact) mass is 381 g/mol. The van der Waals surface area contributed by atoms with E-state index in [2.05, 4.69) is 26.1 Å². The summed E-state index contributed by atoms with van der Waals surface area (Å²) in [6, 6.07) is 4.74. The Hall–Kier alpha value is -0.700. The molecule has 1 aromatic heterocycles. The number of aromatic nitrogens is 2. The average molecular weight is 383 g/mol. The lowest BCUT2D eigenvalue weighted by molar-refractivity contribution is 0.594. The number of hydrogen-bond acceptors (Lipinski definition) is 5. The molecule has 0 N–H and O–H groups in total. The zero-order valence-corrected chi connectivity index (χ0v) is 13.9. The van der Waals surface area contributed by atoms with Gasteiger partial charge in [0.05, 0.1) is 5.02 Å². The number of benzene rings is 1. The minimum Gasteiger partial charge on any atom is -0.243 e. The molecule has 19 heavy (non-hydrogen) atoms. The molecule has 0 amide bonds. The van der Waals surface area contributed by atoms with Crippen LogP contribution in [0.1, 0.15) is 5.01 Å². The highest BCUT2D eigenvalue weighted by Crippen LogP contribution is 2.33. The smallest absolute Gasteiger partial charge is 0.243 e. The van der Waals surface area contributed by atoms with Gasteiger partial charge in [0.2, 0.25) is 5.13 Å². The number of sulfonamides is 1. The van der Waals surface area contributed by atoms with E-state index in [9.17, 15) is 8.42 Å². The van der Waals surface area contributed by atoms with Crippen molar-refractivity contribution < 1.29 is 8.42 Å². The molecule has 0 spiro atoms. The Morgan fingerprint density at radius 2 is 2.05 bits per heavy atom. The fourth-order valence-electron chi connectivity index (χ4n) is 1.35. The van der Waals surface area contributed by atoms with Crippen LogP contribution in [0.3, 0.4) is 0 Å². The molecule has 9 heteroatoms. The predicted octanol–water partition coefficient (Wildman–Crippen LogP) is 3.09. The van der Waals surface area contributed by atoms with Crippen molar-refractivity contribution in [2.75, 3.05) is 11.4 Å². The number of halogens is 2. The lowest BCUT2D eigenvalue weighted by atomic mass is 10.4. The summed E-state index contributed by atoms with van der Waals surface area (Å²) in [5.41, 5.74) is 0. The number of anilines is 1. The van der Waals surface area contributed by atoms with Gasteiger partial charge in [0.25, 0.3) is 10.0 Å². The molecule has 1 heterocycles. The van der Waals surface area contributed by atoms with Crippen molar-refractivity contribution in [2.45, 2.75) is 11.8 Å². The molecule has 0 radical (unpaired) electrons. The van der Waals surface area contributed by atoms with E-state index in [1.807, 2.05) is 0 Å². The molecule has 0 bridgehead atoms. The Kier molecular flexibility index (Phi) is 4.14. The van der Waals surface area contributed by atoms with Crippen LogP contribution in [0.4, 0.5) is 5.13 Å². The minimum absolute atomic E-state index is 0.0268. The second-order valence-electron chi connectivity index (χ2n) is 3.63. The Morgan fingerprint density at radius 1 is 1.37 bits per heavy atom. The van der Waals surface area contributed by atoms with Gasteiger partial charge in [0, 0.05) is 11.5 Å². The molecule has 0 atom stereocenters. The molecule has 102 valence electrons. The fourth-order valence-corrected chi connectivity index (χ4v) is 4.35. The van der Waals surface area contributed by atoms with Crippen LogP contribution in [0.15, 0.2) is 27.6 Å². The lowest BCUT2D eigenvalue weighted by Gasteiger charge is -2.16. The largest absolute Gasteiger partial charge is 0.267 e. The molecule has 0 fully saturated rings. The summed E-state index contributed by atoms with van der Waals surface area (Å²) in [6.45, 7) is 1.76. The molecule has 2 rings (SSSR count). The van der Waals surface area contributed by atoms with Crippen LogP contribution in [0, 0.1) is 6.92 Å². The zero-order chi connectivity index (χ0) is 14.2. The Bertz CT molecular complexity index is 717. The van der Waals surface area contributed by atoms with Crippen LogP contribution in [-0.2, 0) is 10.0 Å². The number of rotatable bonds is 3. The fraction of sp³-hybridized carbons (Fsp3) is 0.200. The molecule has 0 aliphatic rings. The first-order chi connectivity index (χ1) is 8.84. The summed E-state index contributed by atoms with van der Waals surface area (Å²) in [7, 11) is -2.33. The molecule has 1 aromatic carbocycles. The predicted molar refractivity (Wildman–Crippen MR) is 79.4 cm³/mol. The number of aryl methyl sites for hydroxylation is 1. The van der Waals surface area contributed by atoms with Crippen molar-refractivity contribution >= 4 is 54.0 Å². The van der Waals surface area contributed by atoms with Crippen LogP contribution in [-0.4, -0.2) is 25.7 Å². The Morgan fingerprint density at radius 3 is 2.63 bits per heavy atom. The maximum atomic E-state index is 12.5. The SMILES string of the molecule is Cc1nnc(N(C)S(=O)(=O)c2cccc(Br)c2Cl)s1. The highest BCUT2D eigenvalue weighted by molar-refractivity contribution is 9.10. The number of hydrogen-bond donors (Lipinski definition) is 0. The zero-order valence-electron chi connectivity index (χ0n) is 9.96. The van der Waals surface area contributed by atoms with E-state index >= 15 is 0 Å². The van der Waals surface area contributed by atoms with Crippen molar-refractivity contribution in [3.63, 3.8) is 0 Å².